The lowest BCUT2D eigenvalue weighted by atomic mass is 9.96. The molecule has 3 rings (SSSR count). The lowest BCUT2D eigenvalue weighted by Gasteiger charge is -2.22. The first kappa shape index (κ1) is 17.1. The fourth-order valence-electron chi connectivity index (χ4n) is 2.53. The van der Waals surface area contributed by atoms with E-state index in [9.17, 15) is 0 Å². The molecule has 1 aliphatic rings. The molecule has 0 bridgehead atoms. The van der Waals surface area contributed by atoms with E-state index in [1.165, 1.54) is 16.7 Å². The average Bonchev–Trinajstić information content (AvgIpc) is 2.64. The maximum atomic E-state index is 6.26. The molecule has 0 saturated heterocycles. The Balaban J connectivity index is 0.000000924. The van der Waals surface area contributed by atoms with E-state index in [1.54, 1.807) is 0 Å². The minimum Gasteiger partial charge on any atom is -0.481 e. The van der Waals surface area contributed by atoms with Gasteiger partial charge >= 0.3 is 0 Å². The Hall–Kier alpha value is -2.28. The summed E-state index contributed by atoms with van der Waals surface area (Å²) in [5, 5.41) is 0. The summed E-state index contributed by atoms with van der Waals surface area (Å²) in [6.45, 7) is 6.11. The summed E-state index contributed by atoms with van der Waals surface area (Å²) in [6, 6.07) is 18.6. The van der Waals surface area contributed by atoms with Crippen molar-refractivity contribution >= 4 is 0 Å². The number of aryl methyl sites for hydroxylation is 1. The van der Waals surface area contributed by atoms with Crippen molar-refractivity contribution in [3.05, 3.63) is 89.5 Å². The molecule has 0 aliphatic heterocycles. The second kappa shape index (κ2) is 8.99. The molecule has 0 fully saturated rings. The predicted molar refractivity (Wildman–Crippen MR) is 98.8 cm³/mol. The van der Waals surface area contributed by atoms with Crippen LogP contribution in [0, 0.1) is 6.92 Å². The van der Waals surface area contributed by atoms with E-state index in [-0.39, 0.29) is 6.10 Å². The van der Waals surface area contributed by atoms with Crippen molar-refractivity contribution in [3.63, 3.8) is 0 Å². The van der Waals surface area contributed by atoms with Gasteiger partial charge in [0.05, 0.1) is 0 Å². The highest BCUT2D eigenvalue weighted by Gasteiger charge is 2.18. The van der Waals surface area contributed by atoms with Crippen LogP contribution in [0.25, 0.3) is 0 Å². The van der Waals surface area contributed by atoms with Crippen LogP contribution in [0.5, 0.6) is 5.75 Å². The van der Waals surface area contributed by atoms with Gasteiger partial charge in [-0.25, -0.2) is 0 Å². The average molecular weight is 306 g/mol. The van der Waals surface area contributed by atoms with Crippen LogP contribution < -0.4 is 4.74 Å². The van der Waals surface area contributed by atoms with Crippen molar-refractivity contribution in [2.45, 2.75) is 39.7 Å². The SMILES string of the molecule is CC.Cc1ccc([C@@H](Oc2ccccc2)C2=CCCC=C2)cc1. The third kappa shape index (κ3) is 4.85. The molecule has 1 atom stereocenters. The topological polar surface area (TPSA) is 9.23 Å². The summed E-state index contributed by atoms with van der Waals surface area (Å²) in [5.41, 5.74) is 3.71. The molecular weight excluding hydrogens is 280 g/mol. The number of ether oxygens (including phenoxy) is 1. The van der Waals surface area contributed by atoms with E-state index in [0.717, 1.165) is 18.6 Å². The Morgan fingerprint density at radius 2 is 1.57 bits per heavy atom. The number of rotatable bonds is 4. The summed E-state index contributed by atoms with van der Waals surface area (Å²) in [4.78, 5) is 0. The van der Waals surface area contributed by atoms with E-state index in [0.29, 0.717) is 0 Å². The molecule has 0 amide bonds. The van der Waals surface area contributed by atoms with Gasteiger partial charge in [0.1, 0.15) is 11.9 Å². The minimum absolute atomic E-state index is 0.0375. The molecule has 0 unspecified atom stereocenters. The van der Waals surface area contributed by atoms with Gasteiger partial charge < -0.3 is 4.74 Å². The molecule has 1 nitrogen and oxygen atoms in total. The van der Waals surface area contributed by atoms with Crippen LogP contribution in [0.15, 0.2) is 78.4 Å². The standard InChI is InChI=1S/C20H20O.C2H6/c1-16-12-14-18(15-13-16)20(17-8-4-2-5-9-17)21-19-10-6-3-7-11-19;1-2/h3-4,6-15,20H,2,5H2,1H3;1-2H3/t20-;/m0./s1. The Labute approximate surface area is 140 Å². The van der Waals surface area contributed by atoms with Crippen LogP contribution in [0.2, 0.25) is 0 Å². The van der Waals surface area contributed by atoms with Crippen LogP contribution in [-0.2, 0) is 0 Å². The summed E-state index contributed by atoms with van der Waals surface area (Å²) >= 11 is 0. The van der Waals surface area contributed by atoms with Crippen molar-refractivity contribution in [1.29, 1.82) is 0 Å². The smallest absolute Gasteiger partial charge is 0.149 e. The Morgan fingerprint density at radius 3 is 2.17 bits per heavy atom. The van der Waals surface area contributed by atoms with Crippen molar-refractivity contribution in [3.8, 4) is 5.75 Å². The van der Waals surface area contributed by atoms with Crippen molar-refractivity contribution in [2.24, 2.45) is 0 Å². The van der Waals surface area contributed by atoms with Crippen LogP contribution in [0.4, 0.5) is 0 Å². The van der Waals surface area contributed by atoms with Gasteiger partial charge in [0.15, 0.2) is 0 Å². The molecule has 0 N–H and O–H groups in total. The first-order chi connectivity index (χ1) is 11.3. The van der Waals surface area contributed by atoms with E-state index in [4.69, 9.17) is 4.74 Å². The lowest BCUT2D eigenvalue weighted by molar-refractivity contribution is 0.246. The maximum Gasteiger partial charge on any atom is 0.149 e. The largest absolute Gasteiger partial charge is 0.481 e. The van der Waals surface area contributed by atoms with Gasteiger partial charge in [0, 0.05) is 0 Å². The number of benzene rings is 2. The van der Waals surface area contributed by atoms with E-state index < -0.39 is 0 Å². The highest BCUT2D eigenvalue weighted by Crippen LogP contribution is 2.31. The maximum absolute atomic E-state index is 6.26. The zero-order valence-electron chi connectivity index (χ0n) is 14.3. The van der Waals surface area contributed by atoms with Crippen LogP contribution >= 0.6 is 0 Å². The van der Waals surface area contributed by atoms with Crippen LogP contribution in [-0.4, -0.2) is 0 Å². The predicted octanol–water partition coefficient (Wildman–Crippen LogP) is 6.42. The first-order valence-corrected chi connectivity index (χ1v) is 8.48. The molecule has 120 valence electrons. The third-order valence-corrected chi connectivity index (χ3v) is 3.70. The Bertz CT molecular complexity index is 635. The lowest BCUT2D eigenvalue weighted by Crippen LogP contribution is -2.11. The molecular formula is C22H26O. The quantitative estimate of drug-likeness (QED) is 0.633. The summed E-state index contributed by atoms with van der Waals surface area (Å²) in [5.74, 6) is 0.906. The zero-order chi connectivity index (χ0) is 16.5. The third-order valence-electron chi connectivity index (χ3n) is 3.70. The van der Waals surface area contributed by atoms with Gasteiger partial charge in [-0.1, -0.05) is 80.1 Å². The number of para-hydroxylation sites is 1. The Morgan fingerprint density at radius 1 is 0.870 bits per heavy atom. The molecule has 0 aromatic heterocycles. The first-order valence-electron chi connectivity index (χ1n) is 8.48. The van der Waals surface area contributed by atoms with E-state index in [2.05, 4.69) is 49.4 Å². The molecule has 2 aromatic rings. The Kier molecular flexibility index (Phi) is 6.68. The molecule has 1 aliphatic carbocycles. The second-order valence-electron chi connectivity index (χ2n) is 5.41. The zero-order valence-corrected chi connectivity index (χ0v) is 14.3. The van der Waals surface area contributed by atoms with Gasteiger partial charge in [-0.15, -0.1) is 0 Å². The number of hydrogen-bond acceptors (Lipinski definition) is 1. The fraction of sp³-hybridized carbons (Fsp3) is 0.273. The molecule has 0 saturated carbocycles. The van der Waals surface area contributed by atoms with Crippen LogP contribution in [0.3, 0.4) is 0 Å². The highest BCUT2D eigenvalue weighted by molar-refractivity contribution is 5.37. The monoisotopic (exact) mass is 306 g/mol. The van der Waals surface area contributed by atoms with Gasteiger partial charge in [-0.3, -0.25) is 0 Å². The van der Waals surface area contributed by atoms with E-state index >= 15 is 0 Å². The van der Waals surface area contributed by atoms with Crippen molar-refractivity contribution in [2.75, 3.05) is 0 Å². The van der Waals surface area contributed by atoms with E-state index in [1.807, 2.05) is 44.2 Å². The number of allylic oxidation sites excluding steroid dienone is 2. The summed E-state index contributed by atoms with van der Waals surface area (Å²) < 4.78 is 6.26. The molecule has 0 radical (unpaired) electrons. The van der Waals surface area contributed by atoms with Gasteiger partial charge in [-0.05, 0) is 43.0 Å². The van der Waals surface area contributed by atoms with Gasteiger partial charge in [0.25, 0.3) is 0 Å². The molecule has 0 spiro atoms. The van der Waals surface area contributed by atoms with Gasteiger partial charge in [0.2, 0.25) is 0 Å². The van der Waals surface area contributed by atoms with Crippen molar-refractivity contribution < 1.29 is 4.74 Å². The fourth-order valence-corrected chi connectivity index (χ4v) is 2.53. The number of hydrogen-bond donors (Lipinski definition) is 0. The molecule has 0 heterocycles. The molecule has 2 aromatic carbocycles. The summed E-state index contributed by atoms with van der Waals surface area (Å²) in [6.07, 6.45) is 8.88. The minimum atomic E-state index is -0.0375. The van der Waals surface area contributed by atoms with Crippen LogP contribution in [0.1, 0.15) is 43.9 Å². The molecule has 1 heteroatoms. The second-order valence-corrected chi connectivity index (χ2v) is 5.41. The molecule has 23 heavy (non-hydrogen) atoms. The van der Waals surface area contributed by atoms with Gasteiger partial charge in [-0.2, -0.15) is 0 Å². The highest BCUT2D eigenvalue weighted by atomic mass is 16.5. The summed E-state index contributed by atoms with van der Waals surface area (Å²) in [7, 11) is 0. The van der Waals surface area contributed by atoms with Crippen molar-refractivity contribution in [1.82, 2.24) is 0 Å². The normalized spacial score (nSPS) is 14.3.